The second kappa shape index (κ2) is 6.52. The van der Waals surface area contributed by atoms with Crippen molar-refractivity contribution in [2.45, 2.75) is 13.3 Å². The van der Waals surface area contributed by atoms with Crippen molar-refractivity contribution in [1.29, 1.82) is 0 Å². The topological polar surface area (TPSA) is 38.1 Å². The Morgan fingerprint density at radius 2 is 1.95 bits per heavy atom. The van der Waals surface area contributed by atoms with Gasteiger partial charge in [0.05, 0.1) is 23.1 Å². The zero-order valence-electron chi connectivity index (χ0n) is 12.5. The number of nitrogens with zero attached hydrogens (tertiary/aromatic N) is 3. The van der Waals surface area contributed by atoms with Gasteiger partial charge in [-0.15, -0.1) is 0 Å². The Morgan fingerprint density at radius 3 is 2.59 bits per heavy atom. The molecule has 2 aromatic rings. The van der Waals surface area contributed by atoms with Crippen LogP contribution in [0.1, 0.15) is 23.0 Å². The van der Waals surface area contributed by atoms with Gasteiger partial charge in [-0.2, -0.15) is 16.9 Å². The first-order valence-electron chi connectivity index (χ1n) is 7.40. The molecule has 1 aliphatic rings. The average molecular weight is 319 g/mol. The second-order valence-corrected chi connectivity index (χ2v) is 6.38. The van der Waals surface area contributed by atoms with E-state index in [1.54, 1.807) is 23.0 Å². The molecule has 3 rings (SSSR count). The van der Waals surface area contributed by atoms with Crippen molar-refractivity contribution >= 4 is 17.7 Å². The number of amides is 1. The molecule has 1 aliphatic heterocycles. The van der Waals surface area contributed by atoms with Crippen molar-refractivity contribution in [2.75, 3.05) is 24.6 Å². The molecule has 1 aromatic carbocycles. The van der Waals surface area contributed by atoms with Crippen LogP contribution in [0.3, 0.4) is 0 Å². The van der Waals surface area contributed by atoms with Gasteiger partial charge in [-0.1, -0.05) is 6.92 Å². The summed E-state index contributed by atoms with van der Waals surface area (Å²) in [6.07, 6.45) is 2.33. The molecular formula is C16H18FN3OS. The van der Waals surface area contributed by atoms with Crippen LogP contribution in [0.5, 0.6) is 0 Å². The minimum absolute atomic E-state index is 0.0468. The summed E-state index contributed by atoms with van der Waals surface area (Å²) in [4.78, 5) is 14.6. The molecule has 0 unspecified atom stereocenters. The monoisotopic (exact) mass is 319 g/mol. The number of benzene rings is 1. The molecule has 1 amide bonds. The maximum atomic E-state index is 13.1. The lowest BCUT2D eigenvalue weighted by molar-refractivity contribution is 0.0771. The molecule has 0 N–H and O–H groups in total. The smallest absolute Gasteiger partial charge is 0.257 e. The molecule has 1 aromatic heterocycles. The Morgan fingerprint density at radius 1 is 1.27 bits per heavy atom. The summed E-state index contributed by atoms with van der Waals surface area (Å²) in [5.74, 6) is 1.74. The van der Waals surface area contributed by atoms with E-state index in [1.165, 1.54) is 12.1 Å². The predicted octanol–water partition coefficient (Wildman–Crippen LogP) is 2.76. The highest BCUT2D eigenvalue weighted by Gasteiger charge is 2.23. The van der Waals surface area contributed by atoms with E-state index >= 15 is 0 Å². The van der Waals surface area contributed by atoms with Crippen LogP contribution in [-0.2, 0) is 6.42 Å². The van der Waals surface area contributed by atoms with Crippen LogP contribution in [0.2, 0.25) is 0 Å². The van der Waals surface area contributed by atoms with E-state index in [2.05, 4.69) is 5.10 Å². The molecule has 6 heteroatoms. The number of carbonyl (C=O) groups excluding carboxylic acids is 1. The zero-order valence-corrected chi connectivity index (χ0v) is 13.3. The van der Waals surface area contributed by atoms with Crippen molar-refractivity contribution < 1.29 is 9.18 Å². The number of hydrogen-bond donors (Lipinski definition) is 0. The van der Waals surface area contributed by atoms with Gasteiger partial charge >= 0.3 is 0 Å². The number of aromatic nitrogens is 2. The van der Waals surface area contributed by atoms with E-state index in [0.717, 1.165) is 36.0 Å². The van der Waals surface area contributed by atoms with Crippen molar-refractivity contribution in [2.24, 2.45) is 0 Å². The molecule has 0 atom stereocenters. The number of carbonyl (C=O) groups is 1. The molecule has 0 bridgehead atoms. The van der Waals surface area contributed by atoms with Crippen LogP contribution >= 0.6 is 11.8 Å². The lowest BCUT2D eigenvalue weighted by atomic mass is 10.1. The van der Waals surface area contributed by atoms with Crippen molar-refractivity contribution in [3.63, 3.8) is 0 Å². The molecule has 0 spiro atoms. The summed E-state index contributed by atoms with van der Waals surface area (Å²) >= 11 is 1.87. The fourth-order valence-corrected chi connectivity index (χ4v) is 3.54. The van der Waals surface area contributed by atoms with Crippen LogP contribution in [0.25, 0.3) is 5.69 Å². The third-order valence-electron chi connectivity index (χ3n) is 3.80. The molecule has 1 saturated heterocycles. The number of rotatable bonds is 3. The number of halogens is 1. The summed E-state index contributed by atoms with van der Waals surface area (Å²) in [7, 11) is 0. The van der Waals surface area contributed by atoms with Crippen LogP contribution < -0.4 is 0 Å². The average Bonchev–Trinajstić information content (AvgIpc) is 2.99. The van der Waals surface area contributed by atoms with E-state index in [-0.39, 0.29) is 11.7 Å². The third-order valence-corrected chi connectivity index (χ3v) is 4.75. The van der Waals surface area contributed by atoms with Gasteiger partial charge < -0.3 is 4.90 Å². The zero-order chi connectivity index (χ0) is 15.5. The van der Waals surface area contributed by atoms with Crippen LogP contribution in [0.4, 0.5) is 4.39 Å². The van der Waals surface area contributed by atoms with Gasteiger partial charge in [-0.05, 0) is 30.7 Å². The quantitative estimate of drug-likeness (QED) is 0.873. The minimum Gasteiger partial charge on any atom is -0.337 e. The predicted molar refractivity (Wildman–Crippen MR) is 86.1 cm³/mol. The molecule has 1 fully saturated rings. The summed E-state index contributed by atoms with van der Waals surface area (Å²) in [6, 6.07) is 6.15. The summed E-state index contributed by atoms with van der Waals surface area (Å²) in [5.41, 5.74) is 2.29. The van der Waals surface area contributed by atoms with E-state index in [9.17, 15) is 9.18 Å². The maximum absolute atomic E-state index is 13.1. The molecule has 0 aliphatic carbocycles. The molecule has 4 nitrogen and oxygen atoms in total. The third kappa shape index (κ3) is 2.88. The Kier molecular flexibility index (Phi) is 4.47. The molecule has 116 valence electrons. The Labute approximate surface area is 133 Å². The second-order valence-electron chi connectivity index (χ2n) is 5.15. The van der Waals surface area contributed by atoms with Gasteiger partial charge in [0, 0.05) is 24.6 Å². The maximum Gasteiger partial charge on any atom is 0.257 e. The molecule has 2 heterocycles. The lowest BCUT2D eigenvalue weighted by Crippen LogP contribution is -2.38. The van der Waals surface area contributed by atoms with Crippen molar-refractivity contribution in [3.05, 3.63) is 47.5 Å². The standard InChI is InChI=1S/C16H18FN3OS/c1-2-15-14(16(21)19-7-9-22-10-8-19)11-18-20(15)13-5-3-12(17)4-6-13/h3-6,11H,2,7-10H2,1H3. The molecule has 0 saturated carbocycles. The first kappa shape index (κ1) is 15.1. The summed E-state index contributed by atoms with van der Waals surface area (Å²) in [5, 5.41) is 4.34. The first-order chi connectivity index (χ1) is 10.7. The van der Waals surface area contributed by atoms with Crippen LogP contribution in [-0.4, -0.2) is 45.2 Å². The van der Waals surface area contributed by atoms with Gasteiger partial charge in [0.15, 0.2) is 0 Å². The summed E-state index contributed by atoms with van der Waals surface area (Å²) in [6.45, 7) is 3.57. The first-order valence-corrected chi connectivity index (χ1v) is 8.56. The van der Waals surface area contributed by atoms with Crippen LogP contribution in [0.15, 0.2) is 30.5 Å². The lowest BCUT2D eigenvalue weighted by Gasteiger charge is -2.26. The van der Waals surface area contributed by atoms with Gasteiger partial charge in [-0.3, -0.25) is 4.79 Å². The van der Waals surface area contributed by atoms with Gasteiger partial charge in [-0.25, -0.2) is 9.07 Å². The van der Waals surface area contributed by atoms with Gasteiger partial charge in [0.1, 0.15) is 5.82 Å². The summed E-state index contributed by atoms with van der Waals surface area (Å²) < 4.78 is 14.8. The van der Waals surface area contributed by atoms with E-state index in [0.29, 0.717) is 12.0 Å². The Balaban J connectivity index is 1.93. The van der Waals surface area contributed by atoms with Crippen molar-refractivity contribution in [1.82, 2.24) is 14.7 Å². The molecule has 22 heavy (non-hydrogen) atoms. The molecular weight excluding hydrogens is 301 g/mol. The minimum atomic E-state index is -0.281. The highest BCUT2D eigenvalue weighted by molar-refractivity contribution is 7.99. The van der Waals surface area contributed by atoms with E-state index in [4.69, 9.17) is 0 Å². The van der Waals surface area contributed by atoms with Gasteiger partial charge in [0.25, 0.3) is 5.91 Å². The number of thioether (sulfide) groups is 1. The number of hydrogen-bond acceptors (Lipinski definition) is 3. The van der Waals surface area contributed by atoms with E-state index in [1.807, 2.05) is 23.6 Å². The normalized spacial score (nSPS) is 15.1. The van der Waals surface area contributed by atoms with E-state index < -0.39 is 0 Å². The fourth-order valence-electron chi connectivity index (χ4n) is 2.63. The highest BCUT2D eigenvalue weighted by Crippen LogP contribution is 2.19. The highest BCUT2D eigenvalue weighted by atomic mass is 32.2. The SMILES string of the molecule is CCc1c(C(=O)N2CCSCC2)cnn1-c1ccc(F)cc1. The van der Waals surface area contributed by atoms with Crippen molar-refractivity contribution in [3.8, 4) is 5.69 Å². The molecule has 0 radical (unpaired) electrons. The van der Waals surface area contributed by atoms with Gasteiger partial charge in [0.2, 0.25) is 0 Å². The Hall–Kier alpha value is -1.82. The fraction of sp³-hybridized carbons (Fsp3) is 0.375. The van der Waals surface area contributed by atoms with Crippen LogP contribution in [0, 0.1) is 5.82 Å². The largest absolute Gasteiger partial charge is 0.337 e. The Bertz CT molecular complexity index is 663.